The predicted molar refractivity (Wildman–Crippen MR) is 123 cm³/mol. The van der Waals surface area contributed by atoms with E-state index in [0.717, 1.165) is 38.6 Å². The molecule has 7 heteroatoms. The van der Waals surface area contributed by atoms with Crippen molar-refractivity contribution in [1.29, 1.82) is 0 Å². The lowest BCUT2D eigenvalue weighted by Gasteiger charge is -2.25. The number of halogens is 1. The van der Waals surface area contributed by atoms with Crippen LogP contribution in [0.3, 0.4) is 0 Å². The molecular formula is C19H35IN4OS. The van der Waals surface area contributed by atoms with E-state index in [2.05, 4.69) is 53.8 Å². The average molecular weight is 494 g/mol. The van der Waals surface area contributed by atoms with Gasteiger partial charge in [-0.3, -0.25) is 9.89 Å². The molecule has 2 N–H and O–H groups in total. The summed E-state index contributed by atoms with van der Waals surface area (Å²) in [7, 11) is 0. The highest BCUT2D eigenvalue weighted by molar-refractivity contribution is 14.0. The van der Waals surface area contributed by atoms with Gasteiger partial charge in [0.1, 0.15) is 0 Å². The molecule has 1 aliphatic heterocycles. The zero-order chi connectivity index (χ0) is 17.9. The van der Waals surface area contributed by atoms with Crippen LogP contribution < -0.4 is 10.6 Å². The van der Waals surface area contributed by atoms with Crippen LogP contribution in [-0.2, 0) is 4.74 Å². The van der Waals surface area contributed by atoms with Crippen molar-refractivity contribution in [2.24, 2.45) is 4.99 Å². The smallest absolute Gasteiger partial charge is 0.191 e. The van der Waals surface area contributed by atoms with Gasteiger partial charge in [0.2, 0.25) is 0 Å². The number of nitrogens with zero attached hydrogens (tertiary/aromatic N) is 2. The van der Waals surface area contributed by atoms with E-state index in [1.807, 2.05) is 11.3 Å². The molecule has 2 rings (SSSR count). The highest BCUT2D eigenvalue weighted by Crippen LogP contribution is 2.28. The lowest BCUT2D eigenvalue weighted by atomic mass is 10.2. The number of nitrogens with one attached hydrogen (secondary N) is 2. The number of rotatable bonds is 10. The summed E-state index contributed by atoms with van der Waals surface area (Å²) in [6, 6.07) is 4.79. The summed E-state index contributed by atoms with van der Waals surface area (Å²) in [4.78, 5) is 8.87. The van der Waals surface area contributed by atoms with Crippen LogP contribution in [-0.4, -0.2) is 56.3 Å². The Morgan fingerprint density at radius 3 is 2.69 bits per heavy atom. The minimum atomic E-state index is 0. The number of thiophene rings is 1. The molecule has 1 atom stereocenters. The van der Waals surface area contributed by atoms with Gasteiger partial charge < -0.3 is 15.4 Å². The fourth-order valence-electron chi connectivity index (χ4n) is 3.04. The van der Waals surface area contributed by atoms with Crippen LogP contribution in [0.5, 0.6) is 0 Å². The van der Waals surface area contributed by atoms with Crippen molar-refractivity contribution in [2.45, 2.75) is 52.2 Å². The van der Waals surface area contributed by atoms with Crippen LogP contribution in [0.15, 0.2) is 22.5 Å². The molecule has 1 fully saturated rings. The molecule has 0 aromatic carbocycles. The Balaban J connectivity index is 0.00000338. The molecular weight excluding hydrogens is 459 g/mol. The molecule has 1 aromatic heterocycles. The molecule has 5 nitrogen and oxygen atoms in total. The SMILES string of the molecule is CCNC(=NCC(c1cccs1)N1CCCC1)NCCCOC(C)C.I. The van der Waals surface area contributed by atoms with Crippen molar-refractivity contribution in [1.82, 2.24) is 15.5 Å². The molecule has 0 aliphatic carbocycles. The van der Waals surface area contributed by atoms with Gasteiger partial charge in [-0.2, -0.15) is 0 Å². The van der Waals surface area contributed by atoms with Crippen molar-refractivity contribution in [3.63, 3.8) is 0 Å². The summed E-state index contributed by atoms with van der Waals surface area (Å²) >= 11 is 1.84. The van der Waals surface area contributed by atoms with Crippen LogP contribution in [0.2, 0.25) is 0 Å². The molecule has 0 amide bonds. The van der Waals surface area contributed by atoms with E-state index in [4.69, 9.17) is 9.73 Å². The van der Waals surface area contributed by atoms with Gasteiger partial charge in [-0.25, -0.2) is 0 Å². The van der Waals surface area contributed by atoms with Crippen LogP contribution in [0.4, 0.5) is 0 Å². The first-order valence-corrected chi connectivity index (χ1v) is 10.5. The van der Waals surface area contributed by atoms with Crippen LogP contribution in [0, 0.1) is 0 Å². The number of hydrogen-bond acceptors (Lipinski definition) is 4. The Kier molecular flexibility index (Phi) is 12.5. The van der Waals surface area contributed by atoms with Gasteiger partial charge in [0, 0.05) is 24.6 Å². The summed E-state index contributed by atoms with van der Waals surface area (Å²) in [5.41, 5.74) is 0. The van der Waals surface area contributed by atoms with Gasteiger partial charge >= 0.3 is 0 Å². The zero-order valence-electron chi connectivity index (χ0n) is 16.4. The molecule has 150 valence electrons. The average Bonchev–Trinajstić information content (AvgIpc) is 3.28. The van der Waals surface area contributed by atoms with Crippen molar-refractivity contribution < 1.29 is 4.74 Å². The first-order valence-electron chi connectivity index (χ1n) is 9.62. The topological polar surface area (TPSA) is 48.9 Å². The number of hydrogen-bond donors (Lipinski definition) is 2. The van der Waals surface area contributed by atoms with Gasteiger partial charge in [0.05, 0.1) is 18.7 Å². The lowest BCUT2D eigenvalue weighted by Crippen LogP contribution is -2.39. The molecule has 1 saturated heterocycles. The van der Waals surface area contributed by atoms with Gasteiger partial charge in [-0.15, -0.1) is 35.3 Å². The third-order valence-corrected chi connectivity index (χ3v) is 5.26. The number of aliphatic imine (C=N–C) groups is 1. The Bertz CT molecular complexity index is 490. The molecule has 0 saturated carbocycles. The minimum absolute atomic E-state index is 0. The molecule has 0 radical (unpaired) electrons. The molecule has 26 heavy (non-hydrogen) atoms. The maximum absolute atomic E-state index is 5.59. The standard InChI is InChI=1S/C19H34N4OS.HI/c1-4-20-19(21-10-8-13-24-16(2)3)22-15-17(18-9-7-14-25-18)23-11-5-6-12-23;/h7,9,14,16-17H,4-6,8,10-13,15H2,1-3H3,(H2,20,21,22);1H. The summed E-state index contributed by atoms with van der Waals surface area (Å²) in [5.74, 6) is 0.910. The second kappa shape index (κ2) is 13.7. The van der Waals surface area contributed by atoms with Gasteiger partial charge in [-0.1, -0.05) is 6.07 Å². The zero-order valence-corrected chi connectivity index (χ0v) is 19.5. The third-order valence-electron chi connectivity index (χ3n) is 4.28. The Morgan fingerprint density at radius 1 is 1.31 bits per heavy atom. The Morgan fingerprint density at radius 2 is 2.08 bits per heavy atom. The van der Waals surface area contributed by atoms with E-state index in [1.54, 1.807) is 0 Å². The Labute approximate surface area is 180 Å². The fourth-order valence-corrected chi connectivity index (χ4v) is 3.89. The normalized spacial score (nSPS) is 16.5. The van der Waals surface area contributed by atoms with Gasteiger partial charge in [-0.05, 0) is 64.6 Å². The molecule has 1 aromatic rings. The van der Waals surface area contributed by atoms with Gasteiger partial charge in [0.15, 0.2) is 5.96 Å². The number of ether oxygens (including phenoxy) is 1. The van der Waals surface area contributed by atoms with E-state index < -0.39 is 0 Å². The van der Waals surface area contributed by atoms with Crippen molar-refractivity contribution in [3.8, 4) is 0 Å². The van der Waals surface area contributed by atoms with Crippen molar-refractivity contribution >= 4 is 41.3 Å². The second-order valence-corrected chi connectivity index (χ2v) is 7.67. The van der Waals surface area contributed by atoms with Crippen molar-refractivity contribution in [2.75, 3.05) is 39.3 Å². The van der Waals surface area contributed by atoms with E-state index >= 15 is 0 Å². The van der Waals surface area contributed by atoms with E-state index in [0.29, 0.717) is 12.1 Å². The Hall–Kier alpha value is -0.380. The van der Waals surface area contributed by atoms with E-state index in [-0.39, 0.29) is 24.0 Å². The summed E-state index contributed by atoms with van der Waals surface area (Å²) in [6.45, 7) is 12.0. The first kappa shape index (κ1) is 23.7. The van der Waals surface area contributed by atoms with Crippen molar-refractivity contribution in [3.05, 3.63) is 22.4 Å². The predicted octanol–water partition coefficient (Wildman–Crippen LogP) is 3.87. The van der Waals surface area contributed by atoms with Gasteiger partial charge in [0.25, 0.3) is 0 Å². The third kappa shape index (κ3) is 8.54. The molecule has 0 bridgehead atoms. The minimum Gasteiger partial charge on any atom is -0.379 e. The maximum atomic E-state index is 5.59. The fraction of sp³-hybridized carbons (Fsp3) is 0.737. The molecule has 0 spiro atoms. The van der Waals surface area contributed by atoms with Crippen LogP contribution >= 0.6 is 35.3 Å². The number of likely N-dealkylation sites (tertiary alicyclic amines) is 1. The van der Waals surface area contributed by atoms with Crippen LogP contribution in [0.1, 0.15) is 51.0 Å². The highest BCUT2D eigenvalue weighted by Gasteiger charge is 2.24. The van der Waals surface area contributed by atoms with Crippen LogP contribution in [0.25, 0.3) is 0 Å². The summed E-state index contributed by atoms with van der Waals surface area (Å²) in [6.07, 6.45) is 3.90. The van der Waals surface area contributed by atoms with E-state index in [1.165, 1.54) is 30.8 Å². The van der Waals surface area contributed by atoms with E-state index in [9.17, 15) is 0 Å². The molecule has 1 unspecified atom stereocenters. The quantitative estimate of drug-likeness (QED) is 0.225. The lowest BCUT2D eigenvalue weighted by molar-refractivity contribution is 0.0776. The largest absolute Gasteiger partial charge is 0.379 e. The highest BCUT2D eigenvalue weighted by atomic mass is 127. The molecule has 1 aliphatic rings. The molecule has 2 heterocycles. The second-order valence-electron chi connectivity index (χ2n) is 6.69. The maximum Gasteiger partial charge on any atom is 0.191 e. The first-order chi connectivity index (χ1) is 12.2. The monoisotopic (exact) mass is 494 g/mol. The summed E-state index contributed by atoms with van der Waals surface area (Å²) < 4.78 is 5.59. The summed E-state index contributed by atoms with van der Waals surface area (Å²) in [5, 5.41) is 8.95. The number of guanidine groups is 1.